The summed E-state index contributed by atoms with van der Waals surface area (Å²) in [5, 5.41) is 6.37. The van der Waals surface area contributed by atoms with Crippen LogP contribution in [0.5, 0.6) is 17.2 Å². The van der Waals surface area contributed by atoms with Gasteiger partial charge in [-0.25, -0.2) is 5.43 Å². The molecule has 0 aliphatic rings. The van der Waals surface area contributed by atoms with Gasteiger partial charge in [0, 0.05) is 10.0 Å². The van der Waals surface area contributed by atoms with Gasteiger partial charge < -0.3 is 19.5 Å². The number of para-hydroxylation sites is 2. The lowest BCUT2D eigenvalue weighted by molar-refractivity contribution is -0.136. The topological polar surface area (TPSA) is 98.2 Å². The second kappa shape index (κ2) is 12.7. The summed E-state index contributed by atoms with van der Waals surface area (Å²) >= 11 is 10.4. The van der Waals surface area contributed by atoms with Crippen molar-refractivity contribution in [2.45, 2.75) is 6.61 Å². The number of hydrogen-bond acceptors (Lipinski definition) is 6. The van der Waals surface area contributed by atoms with E-state index in [1.165, 1.54) is 13.3 Å². The zero-order valence-electron chi connectivity index (χ0n) is 18.6. The van der Waals surface area contributed by atoms with E-state index >= 15 is 0 Å². The highest BCUT2D eigenvalue weighted by Gasteiger charge is 2.15. The number of anilines is 1. The molecule has 35 heavy (non-hydrogen) atoms. The molecule has 0 unspecified atom stereocenters. The van der Waals surface area contributed by atoms with E-state index in [0.29, 0.717) is 28.5 Å². The van der Waals surface area contributed by atoms with Crippen molar-refractivity contribution < 1.29 is 23.8 Å². The number of amides is 2. The van der Waals surface area contributed by atoms with Crippen LogP contribution in [0.1, 0.15) is 11.1 Å². The molecule has 3 rings (SSSR count). The number of halogens is 3. The van der Waals surface area contributed by atoms with Crippen LogP contribution in [-0.2, 0) is 16.2 Å². The van der Waals surface area contributed by atoms with Crippen LogP contribution in [-0.4, -0.2) is 32.2 Å². The third-order valence-corrected chi connectivity index (χ3v) is 6.22. The van der Waals surface area contributed by atoms with Crippen molar-refractivity contribution in [3.63, 3.8) is 0 Å². The fourth-order valence-electron chi connectivity index (χ4n) is 2.95. The fourth-order valence-corrected chi connectivity index (χ4v) is 5.44. The summed E-state index contributed by atoms with van der Waals surface area (Å²) < 4.78 is 19.0. The molecule has 2 N–H and O–H groups in total. The third-order valence-electron chi connectivity index (χ3n) is 4.58. The van der Waals surface area contributed by atoms with E-state index in [1.54, 1.807) is 43.5 Å². The van der Waals surface area contributed by atoms with Gasteiger partial charge in [0.15, 0.2) is 0 Å². The Labute approximate surface area is 227 Å². The van der Waals surface area contributed by atoms with E-state index < -0.39 is 11.8 Å². The van der Waals surface area contributed by atoms with Crippen molar-refractivity contribution in [2.24, 2.45) is 5.10 Å². The molecule has 0 aromatic heterocycles. The quantitative estimate of drug-likeness (QED) is 0.183. The maximum atomic E-state index is 12.2. The van der Waals surface area contributed by atoms with Crippen molar-refractivity contribution in [2.75, 3.05) is 19.5 Å². The Hall–Kier alpha value is -2.89. The van der Waals surface area contributed by atoms with Crippen molar-refractivity contribution in [3.05, 3.63) is 79.1 Å². The predicted octanol–water partition coefficient (Wildman–Crippen LogP) is 5.66. The number of methoxy groups -OCH3 is 2. The molecule has 0 heterocycles. The van der Waals surface area contributed by atoms with Crippen LogP contribution in [0.25, 0.3) is 0 Å². The lowest BCUT2D eigenvalue weighted by Crippen LogP contribution is -2.32. The van der Waals surface area contributed by atoms with Crippen LogP contribution >= 0.6 is 47.8 Å². The van der Waals surface area contributed by atoms with Crippen LogP contribution in [0, 0.1) is 0 Å². The van der Waals surface area contributed by atoms with Gasteiger partial charge in [-0.3, -0.25) is 9.59 Å². The number of hydrazone groups is 1. The molecule has 2 amide bonds. The van der Waals surface area contributed by atoms with E-state index in [1.807, 2.05) is 18.2 Å². The van der Waals surface area contributed by atoms with E-state index in [2.05, 4.69) is 63.6 Å². The van der Waals surface area contributed by atoms with Crippen LogP contribution in [0.3, 0.4) is 0 Å². The zero-order valence-corrected chi connectivity index (χ0v) is 23.4. The van der Waals surface area contributed by atoms with Crippen molar-refractivity contribution in [3.8, 4) is 17.2 Å². The van der Waals surface area contributed by atoms with Crippen molar-refractivity contribution in [1.29, 1.82) is 0 Å². The smallest absolute Gasteiger partial charge is 0.329 e. The highest BCUT2D eigenvalue weighted by Crippen LogP contribution is 2.37. The number of rotatable bonds is 8. The average Bonchev–Trinajstić information content (AvgIpc) is 2.83. The van der Waals surface area contributed by atoms with E-state index in [0.717, 1.165) is 19.0 Å². The maximum Gasteiger partial charge on any atom is 0.329 e. The molecular weight excluding hydrogens is 650 g/mol. The number of nitrogens with one attached hydrogen (secondary N) is 2. The van der Waals surface area contributed by atoms with Gasteiger partial charge in [0.1, 0.15) is 23.9 Å². The number of ether oxygens (including phenoxy) is 3. The van der Waals surface area contributed by atoms with Crippen LogP contribution in [0.4, 0.5) is 5.69 Å². The third kappa shape index (κ3) is 7.30. The second-order valence-electron chi connectivity index (χ2n) is 6.91. The number of nitrogens with zero attached hydrogens (tertiary/aromatic N) is 1. The Kier molecular flexibility index (Phi) is 9.70. The molecule has 0 radical (unpaired) electrons. The Morgan fingerprint density at radius 3 is 2.29 bits per heavy atom. The molecule has 0 aliphatic carbocycles. The van der Waals surface area contributed by atoms with E-state index in [-0.39, 0.29) is 6.61 Å². The highest BCUT2D eigenvalue weighted by molar-refractivity contribution is 9.11. The van der Waals surface area contributed by atoms with Crippen molar-refractivity contribution in [1.82, 2.24) is 5.43 Å². The summed E-state index contributed by atoms with van der Waals surface area (Å²) in [5.41, 5.74) is 4.02. The summed E-state index contributed by atoms with van der Waals surface area (Å²) in [6.07, 6.45) is 1.42. The Bertz CT molecular complexity index is 1240. The summed E-state index contributed by atoms with van der Waals surface area (Å²) in [7, 11) is 3.04. The molecule has 0 fully saturated rings. The first-order valence-corrected chi connectivity index (χ1v) is 12.4. The lowest BCUT2D eigenvalue weighted by atomic mass is 10.1. The molecule has 0 saturated heterocycles. The SMILES string of the molecule is COc1ccc(C=NNC(=O)C(=O)Nc2ccccc2OC)cc1COc1c(Br)cc(Br)cc1Br. The Morgan fingerprint density at radius 2 is 1.60 bits per heavy atom. The normalized spacial score (nSPS) is 10.7. The van der Waals surface area contributed by atoms with Gasteiger partial charge in [0.05, 0.1) is 35.1 Å². The summed E-state index contributed by atoms with van der Waals surface area (Å²) in [6, 6.07) is 15.9. The molecule has 0 bridgehead atoms. The molecule has 0 atom stereocenters. The maximum absolute atomic E-state index is 12.2. The first kappa shape index (κ1) is 26.7. The summed E-state index contributed by atoms with van der Waals surface area (Å²) in [4.78, 5) is 24.3. The van der Waals surface area contributed by atoms with Gasteiger partial charge in [-0.1, -0.05) is 28.1 Å². The molecule has 0 aliphatic heterocycles. The monoisotopic (exact) mass is 667 g/mol. The Morgan fingerprint density at radius 1 is 0.914 bits per heavy atom. The van der Waals surface area contributed by atoms with E-state index in [9.17, 15) is 9.59 Å². The van der Waals surface area contributed by atoms with Gasteiger partial charge in [0.25, 0.3) is 0 Å². The van der Waals surface area contributed by atoms with Crippen LogP contribution < -0.4 is 25.0 Å². The predicted molar refractivity (Wildman–Crippen MR) is 144 cm³/mol. The van der Waals surface area contributed by atoms with Gasteiger partial charge in [-0.05, 0) is 79.9 Å². The Balaban J connectivity index is 1.65. The molecule has 3 aromatic carbocycles. The first-order chi connectivity index (χ1) is 16.8. The van der Waals surface area contributed by atoms with Gasteiger partial charge >= 0.3 is 11.8 Å². The number of carbonyl (C=O) groups is 2. The minimum Gasteiger partial charge on any atom is -0.496 e. The zero-order chi connectivity index (χ0) is 25.4. The van der Waals surface area contributed by atoms with Gasteiger partial charge in [0.2, 0.25) is 0 Å². The molecular formula is C24H20Br3N3O5. The minimum atomic E-state index is -0.922. The van der Waals surface area contributed by atoms with Crippen molar-refractivity contribution >= 4 is 71.5 Å². The number of benzene rings is 3. The molecule has 0 saturated carbocycles. The highest BCUT2D eigenvalue weighted by atomic mass is 79.9. The van der Waals surface area contributed by atoms with Gasteiger partial charge in [-0.2, -0.15) is 5.10 Å². The van der Waals surface area contributed by atoms with E-state index in [4.69, 9.17) is 14.2 Å². The van der Waals surface area contributed by atoms with Gasteiger partial charge in [-0.15, -0.1) is 0 Å². The minimum absolute atomic E-state index is 0.220. The summed E-state index contributed by atoms with van der Waals surface area (Å²) in [5.74, 6) is -0.0861. The molecule has 0 spiro atoms. The number of hydrogen-bond donors (Lipinski definition) is 2. The van der Waals surface area contributed by atoms with Crippen LogP contribution in [0.15, 0.2) is 73.1 Å². The van der Waals surface area contributed by atoms with Crippen LogP contribution in [0.2, 0.25) is 0 Å². The molecule has 8 nitrogen and oxygen atoms in total. The first-order valence-electron chi connectivity index (χ1n) is 10.0. The average molecular weight is 670 g/mol. The lowest BCUT2D eigenvalue weighted by Gasteiger charge is -2.13. The standard InChI is InChI=1S/C24H20Br3N3O5/c1-33-20-8-7-14(9-15(20)13-35-22-17(26)10-16(25)11-18(22)27)12-28-30-24(32)23(31)29-19-5-3-4-6-21(19)34-2/h3-12H,13H2,1-2H3,(H,29,31)(H,30,32). The fraction of sp³-hybridized carbons (Fsp3) is 0.125. The number of carbonyl (C=O) groups excluding carboxylic acids is 2. The second-order valence-corrected chi connectivity index (χ2v) is 9.54. The molecule has 11 heteroatoms. The largest absolute Gasteiger partial charge is 0.496 e. The summed E-state index contributed by atoms with van der Waals surface area (Å²) in [6.45, 7) is 0.220. The molecule has 182 valence electrons. The molecule has 3 aromatic rings.